The third-order valence-electron chi connectivity index (χ3n) is 4.99. The van der Waals surface area contributed by atoms with Gasteiger partial charge in [-0.1, -0.05) is 12.1 Å². The Bertz CT molecular complexity index is 1050. The SMILES string of the molecule is CCOC(=O)c1ccc(-c2ccc([C@@H]3CC(=O)Nc4c3cnn4C(C)C)o2)cc1. The highest BCUT2D eigenvalue weighted by atomic mass is 16.5. The average Bonchev–Trinajstić information content (AvgIpc) is 3.35. The molecule has 0 bridgehead atoms. The Balaban J connectivity index is 1.62. The molecule has 29 heavy (non-hydrogen) atoms. The Kier molecular flexibility index (Phi) is 4.96. The lowest BCUT2D eigenvalue weighted by atomic mass is 9.92. The van der Waals surface area contributed by atoms with Crippen LogP contribution in [0.25, 0.3) is 11.3 Å². The lowest BCUT2D eigenvalue weighted by molar-refractivity contribution is -0.116. The summed E-state index contributed by atoms with van der Waals surface area (Å²) < 4.78 is 12.9. The number of ether oxygens (including phenoxy) is 1. The third kappa shape index (κ3) is 3.55. The Morgan fingerprint density at radius 1 is 1.28 bits per heavy atom. The number of carbonyl (C=O) groups excluding carboxylic acids is 2. The first kappa shape index (κ1) is 19.0. The molecule has 0 unspecified atom stereocenters. The number of hydrogen-bond acceptors (Lipinski definition) is 5. The van der Waals surface area contributed by atoms with Crippen LogP contribution in [0, 0.1) is 0 Å². The maximum Gasteiger partial charge on any atom is 0.338 e. The quantitative estimate of drug-likeness (QED) is 0.650. The predicted octanol–water partition coefficient (Wildman–Crippen LogP) is 4.37. The molecule has 1 atom stereocenters. The first-order chi connectivity index (χ1) is 14.0. The summed E-state index contributed by atoms with van der Waals surface area (Å²) in [7, 11) is 0. The Morgan fingerprint density at radius 2 is 2.03 bits per heavy atom. The number of aromatic nitrogens is 2. The number of furan rings is 1. The van der Waals surface area contributed by atoms with Gasteiger partial charge in [-0.2, -0.15) is 5.10 Å². The average molecular weight is 393 g/mol. The number of hydrogen-bond donors (Lipinski definition) is 1. The van der Waals surface area contributed by atoms with Crippen LogP contribution in [0.3, 0.4) is 0 Å². The molecule has 0 fully saturated rings. The molecule has 0 radical (unpaired) electrons. The van der Waals surface area contributed by atoms with Gasteiger partial charge >= 0.3 is 5.97 Å². The number of amides is 1. The molecular formula is C22H23N3O4. The van der Waals surface area contributed by atoms with Crippen LogP contribution < -0.4 is 5.32 Å². The summed E-state index contributed by atoms with van der Waals surface area (Å²) in [6.07, 6.45) is 2.11. The second-order valence-electron chi connectivity index (χ2n) is 7.29. The van der Waals surface area contributed by atoms with Gasteiger partial charge < -0.3 is 14.5 Å². The maximum atomic E-state index is 12.3. The monoisotopic (exact) mass is 393 g/mol. The van der Waals surface area contributed by atoms with Gasteiger partial charge in [0, 0.05) is 23.6 Å². The maximum absolute atomic E-state index is 12.3. The molecule has 1 aliphatic heterocycles. The van der Waals surface area contributed by atoms with E-state index >= 15 is 0 Å². The lowest BCUT2D eigenvalue weighted by Gasteiger charge is -2.23. The molecule has 1 aliphatic rings. The van der Waals surface area contributed by atoms with Crippen molar-refractivity contribution >= 4 is 17.7 Å². The lowest BCUT2D eigenvalue weighted by Crippen LogP contribution is -2.25. The van der Waals surface area contributed by atoms with Crippen LogP contribution in [0.4, 0.5) is 5.82 Å². The molecule has 7 heteroatoms. The summed E-state index contributed by atoms with van der Waals surface area (Å²) in [4.78, 5) is 24.1. The van der Waals surface area contributed by atoms with Crippen LogP contribution in [0.1, 0.15) is 60.8 Å². The first-order valence-corrected chi connectivity index (χ1v) is 9.72. The minimum Gasteiger partial charge on any atom is -0.462 e. The molecule has 3 aromatic rings. The predicted molar refractivity (Wildman–Crippen MR) is 108 cm³/mol. The summed E-state index contributed by atoms with van der Waals surface area (Å²) in [5.74, 6) is 1.55. The first-order valence-electron chi connectivity index (χ1n) is 9.72. The normalized spacial score (nSPS) is 15.9. The van der Waals surface area contributed by atoms with Crippen molar-refractivity contribution in [3.05, 3.63) is 59.5 Å². The molecule has 2 aromatic heterocycles. The van der Waals surface area contributed by atoms with Gasteiger partial charge in [0.1, 0.15) is 17.3 Å². The largest absolute Gasteiger partial charge is 0.462 e. The van der Waals surface area contributed by atoms with Crippen LogP contribution in [0.5, 0.6) is 0 Å². The van der Waals surface area contributed by atoms with Gasteiger partial charge in [-0.15, -0.1) is 0 Å². The number of esters is 1. The van der Waals surface area contributed by atoms with Crippen LogP contribution in [-0.2, 0) is 9.53 Å². The molecule has 4 rings (SSSR count). The van der Waals surface area contributed by atoms with Crippen molar-refractivity contribution in [2.24, 2.45) is 0 Å². The molecule has 0 aliphatic carbocycles. The molecule has 3 heterocycles. The van der Waals surface area contributed by atoms with Crippen molar-refractivity contribution in [2.75, 3.05) is 11.9 Å². The van der Waals surface area contributed by atoms with Crippen molar-refractivity contribution in [2.45, 2.75) is 39.2 Å². The molecule has 1 aromatic carbocycles. The van der Waals surface area contributed by atoms with Crippen LogP contribution in [0.15, 0.2) is 47.0 Å². The fourth-order valence-electron chi connectivity index (χ4n) is 3.56. The number of anilines is 1. The zero-order chi connectivity index (χ0) is 20.5. The van der Waals surface area contributed by atoms with Gasteiger partial charge in [-0.3, -0.25) is 4.79 Å². The van der Waals surface area contributed by atoms with Crippen LogP contribution >= 0.6 is 0 Å². The van der Waals surface area contributed by atoms with E-state index < -0.39 is 0 Å². The van der Waals surface area contributed by atoms with Crippen molar-refractivity contribution in [3.8, 4) is 11.3 Å². The zero-order valence-electron chi connectivity index (χ0n) is 16.6. The fraction of sp³-hybridized carbons (Fsp3) is 0.318. The van der Waals surface area contributed by atoms with E-state index in [1.165, 1.54) is 0 Å². The van der Waals surface area contributed by atoms with Crippen molar-refractivity contribution in [1.29, 1.82) is 0 Å². The number of carbonyl (C=O) groups is 2. The van der Waals surface area contributed by atoms with Gasteiger partial charge in [-0.05, 0) is 45.0 Å². The molecule has 0 saturated heterocycles. The molecule has 0 spiro atoms. The van der Waals surface area contributed by atoms with Gasteiger partial charge in [0.2, 0.25) is 5.91 Å². The number of fused-ring (bicyclic) bond motifs is 1. The number of nitrogens with one attached hydrogen (secondary N) is 1. The smallest absolute Gasteiger partial charge is 0.338 e. The van der Waals surface area contributed by atoms with E-state index in [4.69, 9.17) is 9.15 Å². The topological polar surface area (TPSA) is 86.4 Å². The number of benzene rings is 1. The van der Waals surface area contributed by atoms with Crippen molar-refractivity contribution < 1.29 is 18.7 Å². The van der Waals surface area contributed by atoms with Gasteiger partial charge in [-0.25, -0.2) is 9.48 Å². The summed E-state index contributed by atoms with van der Waals surface area (Å²) >= 11 is 0. The van der Waals surface area contributed by atoms with E-state index in [0.717, 1.165) is 16.9 Å². The second-order valence-corrected chi connectivity index (χ2v) is 7.29. The third-order valence-corrected chi connectivity index (χ3v) is 4.99. The highest BCUT2D eigenvalue weighted by molar-refractivity contribution is 5.94. The van der Waals surface area contributed by atoms with Gasteiger partial charge in [0.15, 0.2) is 0 Å². The molecule has 0 saturated carbocycles. The summed E-state index contributed by atoms with van der Waals surface area (Å²) in [5, 5.41) is 7.36. The minimum atomic E-state index is -0.345. The van der Waals surface area contributed by atoms with E-state index in [9.17, 15) is 9.59 Å². The van der Waals surface area contributed by atoms with E-state index in [0.29, 0.717) is 30.1 Å². The molecule has 150 valence electrons. The van der Waals surface area contributed by atoms with Crippen LogP contribution in [0.2, 0.25) is 0 Å². The van der Waals surface area contributed by atoms with E-state index in [1.807, 2.05) is 42.8 Å². The van der Waals surface area contributed by atoms with Crippen LogP contribution in [-0.4, -0.2) is 28.3 Å². The highest BCUT2D eigenvalue weighted by Gasteiger charge is 2.32. The Morgan fingerprint density at radius 3 is 2.72 bits per heavy atom. The summed E-state index contributed by atoms with van der Waals surface area (Å²) in [5.41, 5.74) is 2.30. The highest BCUT2D eigenvalue weighted by Crippen LogP contribution is 2.39. The number of nitrogens with zero attached hydrogens (tertiary/aromatic N) is 2. The summed E-state index contributed by atoms with van der Waals surface area (Å²) in [6.45, 7) is 6.16. The minimum absolute atomic E-state index is 0.0540. The molecule has 7 nitrogen and oxygen atoms in total. The second kappa shape index (κ2) is 7.58. The van der Waals surface area contributed by atoms with Gasteiger partial charge in [0.25, 0.3) is 0 Å². The number of rotatable bonds is 5. The molecular weight excluding hydrogens is 370 g/mol. The fourth-order valence-corrected chi connectivity index (χ4v) is 3.56. The Labute approximate surface area is 168 Å². The molecule has 1 N–H and O–H groups in total. The molecule has 1 amide bonds. The van der Waals surface area contributed by atoms with E-state index in [2.05, 4.69) is 10.4 Å². The van der Waals surface area contributed by atoms with Crippen molar-refractivity contribution in [1.82, 2.24) is 9.78 Å². The van der Waals surface area contributed by atoms with Crippen molar-refractivity contribution in [3.63, 3.8) is 0 Å². The summed E-state index contributed by atoms with van der Waals surface area (Å²) in [6, 6.07) is 11.0. The van der Waals surface area contributed by atoms with E-state index in [1.54, 1.807) is 25.3 Å². The zero-order valence-corrected chi connectivity index (χ0v) is 16.6. The van der Waals surface area contributed by atoms with E-state index in [-0.39, 0.29) is 23.8 Å². The standard InChI is InChI=1S/C22H23N3O4/c1-4-28-22(27)15-7-5-14(6-8-15)18-9-10-19(29-18)16-11-20(26)24-21-17(16)12-23-25(21)13(2)3/h5-10,12-13,16H,4,11H2,1-3H3,(H,24,26)/t16-/m1/s1. The van der Waals surface area contributed by atoms with Gasteiger partial charge in [0.05, 0.1) is 24.3 Å². The Hall–Kier alpha value is -3.35.